The van der Waals surface area contributed by atoms with Gasteiger partial charge in [0.15, 0.2) is 12.5 Å². The Bertz CT molecular complexity index is 273. The van der Waals surface area contributed by atoms with Crippen molar-refractivity contribution >= 4 is 6.29 Å². The fourth-order valence-corrected chi connectivity index (χ4v) is 0.892. The van der Waals surface area contributed by atoms with Gasteiger partial charge in [-0.05, 0) is 17.7 Å². The van der Waals surface area contributed by atoms with Crippen molar-refractivity contribution in [1.29, 1.82) is 0 Å². The molecular formula is C9H9FO2. The number of alkyl halides is 1. The summed E-state index contributed by atoms with van der Waals surface area (Å²) < 4.78 is 17.6. The van der Waals surface area contributed by atoms with Crippen LogP contribution in [0, 0.1) is 0 Å². The number of hydrogen-bond donors (Lipinski definition) is 0. The monoisotopic (exact) mass is 168 g/mol. The molecule has 0 aliphatic rings. The van der Waals surface area contributed by atoms with Gasteiger partial charge in [0.05, 0.1) is 7.11 Å². The Morgan fingerprint density at radius 3 is 2.92 bits per heavy atom. The summed E-state index contributed by atoms with van der Waals surface area (Å²) in [6, 6.07) is 6.38. The summed E-state index contributed by atoms with van der Waals surface area (Å²) in [5.74, 6) is 0.553. The van der Waals surface area contributed by atoms with Crippen molar-refractivity contribution in [2.45, 2.75) is 6.17 Å². The average Bonchev–Trinajstić information content (AvgIpc) is 2.17. The van der Waals surface area contributed by atoms with E-state index >= 15 is 0 Å². The van der Waals surface area contributed by atoms with Gasteiger partial charge >= 0.3 is 0 Å². The van der Waals surface area contributed by atoms with E-state index in [1.807, 2.05) is 0 Å². The zero-order valence-electron chi connectivity index (χ0n) is 6.66. The number of ether oxygens (including phenoxy) is 1. The van der Waals surface area contributed by atoms with Crippen molar-refractivity contribution in [3.05, 3.63) is 29.8 Å². The van der Waals surface area contributed by atoms with E-state index in [1.165, 1.54) is 13.2 Å². The first-order valence-electron chi connectivity index (χ1n) is 3.51. The number of carbonyl (C=O) groups is 1. The van der Waals surface area contributed by atoms with E-state index in [9.17, 15) is 9.18 Å². The molecule has 0 N–H and O–H groups in total. The number of methoxy groups -OCH3 is 1. The van der Waals surface area contributed by atoms with Crippen molar-refractivity contribution in [2.75, 3.05) is 7.11 Å². The van der Waals surface area contributed by atoms with E-state index in [2.05, 4.69) is 0 Å². The Morgan fingerprint density at radius 2 is 2.33 bits per heavy atom. The van der Waals surface area contributed by atoms with Crippen LogP contribution in [0.15, 0.2) is 24.3 Å². The van der Waals surface area contributed by atoms with Gasteiger partial charge in [-0.15, -0.1) is 0 Å². The Morgan fingerprint density at radius 1 is 1.58 bits per heavy atom. The van der Waals surface area contributed by atoms with Crippen molar-refractivity contribution in [3.63, 3.8) is 0 Å². The molecule has 0 aromatic heterocycles. The van der Waals surface area contributed by atoms with Crippen molar-refractivity contribution in [1.82, 2.24) is 0 Å². The summed E-state index contributed by atoms with van der Waals surface area (Å²) in [6.45, 7) is 0. The van der Waals surface area contributed by atoms with Crippen molar-refractivity contribution in [2.24, 2.45) is 0 Å². The van der Waals surface area contributed by atoms with Crippen LogP contribution in [0.5, 0.6) is 5.75 Å². The Balaban J connectivity index is 2.93. The van der Waals surface area contributed by atoms with E-state index in [0.717, 1.165) is 0 Å². The molecule has 0 aliphatic heterocycles. The van der Waals surface area contributed by atoms with Gasteiger partial charge < -0.3 is 4.74 Å². The fraction of sp³-hybridized carbons (Fsp3) is 0.222. The van der Waals surface area contributed by atoms with Gasteiger partial charge in [-0.2, -0.15) is 0 Å². The van der Waals surface area contributed by atoms with Crippen LogP contribution in [-0.2, 0) is 4.79 Å². The summed E-state index contributed by atoms with van der Waals surface area (Å²) in [5, 5.41) is 0. The molecule has 12 heavy (non-hydrogen) atoms. The van der Waals surface area contributed by atoms with E-state index in [-0.39, 0.29) is 6.29 Å². The highest BCUT2D eigenvalue weighted by Crippen LogP contribution is 2.19. The average molecular weight is 168 g/mol. The van der Waals surface area contributed by atoms with Gasteiger partial charge in [-0.25, -0.2) is 4.39 Å². The zero-order valence-corrected chi connectivity index (χ0v) is 6.66. The molecule has 0 radical (unpaired) electrons. The summed E-state index contributed by atoms with van der Waals surface area (Å²) >= 11 is 0. The lowest BCUT2D eigenvalue weighted by Crippen LogP contribution is -1.93. The van der Waals surface area contributed by atoms with Gasteiger partial charge in [0, 0.05) is 0 Å². The molecule has 0 saturated carbocycles. The number of halogens is 1. The predicted octanol–water partition coefficient (Wildman–Crippen LogP) is 1.90. The van der Waals surface area contributed by atoms with Crippen LogP contribution < -0.4 is 4.74 Å². The Labute approximate surface area is 70.0 Å². The molecule has 2 nitrogen and oxygen atoms in total. The van der Waals surface area contributed by atoms with Crippen LogP contribution in [0.25, 0.3) is 0 Å². The van der Waals surface area contributed by atoms with Gasteiger partial charge in [0.25, 0.3) is 0 Å². The molecule has 3 heteroatoms. The third kappa shape index (κ3) is 1.81. The quantitative estimate of drug-likeness (QED) is 0.644. The first-order chi connectivity index (χ1) is 5.77. The number of hydrogen-bond acceptors (Lipinski definition) is 2. The lowest BCUT2D eigenvalue weighted by Gasteiger charge is -2.03. The standard InChI is InChI=1S/C9H9FO2/c1-12-8-4-2-3-7(5-8)9(10)6-11/h2-6,9H,1H3. The molecular weight excluding hydrogens is 159 g/mol. The minimum atomic E-state index is -1.56. The zero-order chi connectivity index (χ0) is 8.97. The van der Waals surface area contributed by atoms with Crippen molar-refractivity contribution in [3.8, 4) is 5.75 Å². The Hall–Kier alpha value is -1.38. The maximum atomic E-state index is 12.8. The van der Waals surface area contributed by atoms with Crippen LogP contribution >= 0.6 is 0 Å². The number of benzene rings is 1. The molecule has 0 fully saturated rings. The molecule has 0 bridgehead atoms. The van der Waals surface area contributed by atoms with Crippen LogP contribution in [0.4, 0.5) is 4.39 Å². The maximum Gasteiger partial charge on any atom is 0.180 e. The molecule has 1 unspecified atom stereocenters. The molecule has 1 aromatic rings. The molecule has 1 atom stereocenters. The largest absolute Gasteiger partial charge is 0.497 e. The minimum absolute atomic E-state index is 0.259. The smallest absolute Gasteiger partial charge is 0.180 e. The normalized spacial score (nSPS) is 12.2. The number of aldehydes is 1. The van der Waals surface area contributed by atoms with E-state index in [0.29, 0.717) is 11.3 Å². The Kier molecular flexibility index (Phi) is 2.80. The molecule has 0 aliphatic carbocycles. The number of rotatable bonds is 3. The highest BCUT2D eigenvalue weighted by atomic mass is 19.1. The van der Waals surface area contributed by atoms with Crippen LogP contribution in [0.3, 0.4) is 0 Å². The molecule has 0 spiro atoms. The molecule has 1 rings (SSSR count). The van der Waals surface area contributed by atoms with Crippen molar-refractivity contribution < 1.29 is 13.9 Å². The topological polar surface area (TPSA) is 26.3 Å². The fourth-order valence-electron chi connectivity index (χ4n) is 0.892. The molecule has 1 aromatic carbocycles. The molecule has 0 saturated heterocycles. The highest BCUT2D eigenvalue weighted by molar-refractivity contribution is 5.60. The molecule has 0 heterocycles. The number of carbonyl (C=O) groups excluding carboxylic acids is 1. The molecule has 0 amide bonds. The van der Waals surface area contributed by atoms with Crippen LogP contribution in [0.2, 0.25) is 0 Å². The third-order valence-corrected chi connectivity index (χ3v) is 1.53. The summed E-state index contributed by atoms with van der Waals surface area (Å²) in [6.07, 6.45) is -1.30. The second kappa shape index (κ2) is 3.85. The van der Waals surface area contributed by atoms with Gasteiger partial charge in [-0.3, -0.25) is 4.79 Å². The third-order valence-electron chi connectivity index (χ3n) is 1.53. The lowest BCUT2D eigenvalue weighted by atomic mass is 10.1. The van der Waals surface area contributed by atoms with E-state index < -0.39 is 6.17 Å². The first kappa shape index (κ1) is 8.71. The van der Waals surface area contributed by atoms with E-state index in [1.54, 1.807) is 18.2 Å². The minimum Gasteiger partial charge on any atom is -0.497 e. The summed E-state index contributed by atoms with van der Waals surface area (Å²) in [7, 11) is 1.49. The SMILES string of the molecule is COc1cccc(C(F)C=O)c1. The first-order valence-corrected chi connectivity index (χ1v) is 3.51. The second-order valence-electron chi connectivity index (χ2n) is 2.31. The van der Waals surface area contributed by atoms with Gasteiger partial charge in [0.2, 0.25) is 0 Å². The maximum absolute atomic E-state index is 12.8. The molecule has 64 valence electrons. The van der Waals surface area contributed by atoms with Crippen LogP contribution in [0.1, 0.15) is 11.7 Å². The van der Waals surface area contributed by atoms with E-state index in [4.69, 9.17) is 4.74 Å². The highest BCUT2D eigenvalue weighted by Gasteiger charge is 2.07. The van der Waals surface area contributed by atoms with Gasteiger partial charge in [-0.1, -0.05) is 12.1 Å². The van der Waals surface area contributed by atoms with Crippen LogP contribution in [-0.4, -0.2) is 13.4 Å². The van der Waals surface area contributed by atoms with Gasteiger partial charge in [0.1, 0.15) is 5.75 Å². The predicted molar refractivity (Wildman–Crippen MR) is 42.9 cm³/mol. The second-order valence-corrected chi connectivity index (χ2v) is 2.31. The summed E-state index contributed by atoms with van der Waals surface area (Å²) in [4.78, 5) is 10.1. The summed E-state index contributed by atoms with van der Waals surface area (Å²) in [5.41, 5.74) is 0.323. The lowest BCUT2D eigenvalue weighted by molar-refractivity contribution is -0.112.